The van der Waals surface area contributed by atoms with E-state index in [1.54, 1.807) is 13.2 Å². The van der Waals surface area contributed by atoms with Gasteiger partial charge >= 0.3 is 0 Å². The molecule has 3 rings (SSSR count). The van der Waals surface area contributed by atoms with E-state index in [1.807, 2.05) is 38.1 Å². The van der Waals surface area contributed by atoms with Gasteiger partial charge in [-0.05, 0) is 32.0 Å². The molecule has 0 saturated heterocycles. The van der Waals surface area contributed by atoms with Gasteiger partial charge in [0.15, 0.2) is 0 Å². The van der Waals surface area contributed by atoms with Crippen LogP contribution in [0.2, 0.25) is 0 Å². The van der Waals surface area contributed by atoms with Gasteiger partial charge in [0.1, 0.15) is 17.0 Å². The summed E-state index contributed by atoms with van der Waals surface area (Å²) in [5.74, 6) is 0.246. The van der Waals surface area contributed by atoms with Gasteiger partial charge in [0.05, 0.1) is 17.6 Å². The molecule has 1 unspecified atom stereocenters. The molecule has 0 bridgehead atoms. The molecule has 0 aliphatic rings. The molecule has 2 aromatic carbocycles. The van der Waals surface area contributed by atoms with Gasteiger partial charge in [0.2, 0.25) is 0 Å². The molecule has 29 heavy (non-hydrogen) atoms. The largest absolute Gasteiger partial charge is 0.459 e. The predicted octanol–water partition coefficient (Wildman–Crippen LogP) is 4.20. The molecular weight excluding hydrogens is 374 g/mol. The highest BCUT2D eigenvalue weighted by atomic mass is 16.6. The van der Waals surface area contributed by atoms with E-state index in [1.165, 1.54) is 12.1 Å². The smallest absolute Gasteiger partial charge is 0.293 e. The minimum atomic E-state index is -0.515. The van der Waals surface area contributed by atoms with Crippen LogP contribution < -0.4 is 10.6 Å². The number of furan rings is 1. The second-order valence-corrected chi connectivity index (χ2v) is 6.69. The summed E-state index contributed by atoms with van der Waals surface area (Å²) in [7, 11) is 1.55. The maximum Gasteiger partial charge on any atom is 0.293 e. The second-order valence-electron chi connectivity index (χ2n) is 6.69. The lowest BCUT2D eigenvalue weighted by atomic mass is 10.1. The van der Waals surface area contributed by atoms with Crippen LogP contribution in [-0.2, 0) is 4.74 Å². The van der Waals surface area contributed by atoms with Crippen LogP contribution in [0, 0.1) is 17.0 Å². The Kier molecular flexibility index (Phi) is 6.13. The normalized spacial score (nSPS) is 12.0. The third-order valence-corrected chi connectivity index (χ3v) is 4.70. The number of anilines is 1. The lowest BCUT2D eigenvalue weighted by Gasteiger charge is -2.13. The number of nitro benzene ring substituents is 1. The molecule has 2 N–H and O–H groups in total. The van der Waals surface area contributed by atoms with Crippen molar-refractivity contribution in [2.75, 3.05) is 25.6 Å². The first-order valence-electron chi connectivity index (χ1n) is 9.22. The Hall–Kier alpha value is -3.39. The van der Waals surface area contributed by atoms with Crippen molar-refractivity contribution in [1.29, 1.82) is 0 Å². The average Bonchev–Trinajstić information content (AvgIpc) is 3.05. The minimum absolute atomic E-state index is 0.165. The first-order valence-corrected chi connectivity index (χ1v) is 9.22. The van der Waals surface area contributed by atoms with Crippen LogP contribution in [0.1, 0.15) is 34.6 Å². The predicted molar refractivity (Wildman–Crippen MR) is 110 cm³/mol. The number of nitro groups is 1. The average molecular weight is 397 g/mol. The summed E-state index contributed by atoms with van der Waals surface area (Å²) in [6.45, 7) is 4.59. The number of rotatable bonds is 8. The molecule has 0 radical (unpaired) electrons. The fourth-order valence-corrected chi connectivity index (χ4v) is 3.21. The molecule has 0 spiro atoms. The summed E-state index contributed by atoms with van der Waals surface area (Å²) < 4.78 is 10.8. The summed E-state index contributed by atoms with van der Waals surface area (Å²) in [6, 6.07) is 11.6. The Bertz CT molecular complexity index is 1040. The third-order valence-electron chi connectivity index (χ3n) is 4.70. The molecule has 3 aromatic rings. The lowest BCUT2D eigenvalue weighted by molar-refractivity contribution is -0.384. The number of amides is 1. The van der Waals surface area contributed by atoms with Crippen molar-refractivity contribution in [2.45, 2.75) is 19.9 Å². The van der Waals surface area contributed by atoms with Crippen molar-refractivity contribution < 1.29 is 18.9 Å². The first-order chi connectivity index (χ1) is 13.9. The Morgan fingerprint density at radius 3 is 2.72 bits per heavy atom. The maximum atomic E-state index is 12.7. The van der Waals surface area contributed by atoms with E-state index >= 15 is 0 Å². The number of carbonyl (C=O) groups is 1. The van der Waals surface area contributed by atoms with Gasteiger partial charge < -0.3 is 19.8 Å². The fraction of sp³-hybridized carbons (Fsp3) is 0.286. The SMILES string of the molecule is COCCNc1ccc(C(=O)NC(C)c2oc3ccccc3c2C)cc1[N+](=O)[O-]. The quantitative estimate of drug-likeness (QED) is 0.335. The fourth-order valence-electron chi connectivity index (χ4n) is 3.21. The van der Waals surface area contributed by atoms with E-state index in [-0.39, 0.29) is 11.3 Å². The van der Waals surface area contributed by atoms with Crippen LogP contribution in [-0.4, -0.2) is 31.1 Å². The number of nitrogens with one attached hydrogen (secondary N) is 2. The Balaban J connectivity index is 1.79. The molecule has 152 valence electrons. The Morgan fingerprint density at radius 1 is 1.28 bits per heavy atom. The van der Waals surface area contributed by atoms with E-state index in [2.05, 4.69) is 10.6 Å². The molecule has 0 aliphatic heterocycles. The Labute approximate surface area is 168 Å². The van der Waals surface area contributed by atoms with Crippen LogP contribution in [0.3, 0.4) is 0 Å². The molecule has 0 fully saturated rings. The number of hydrogen-bond acceptors (Lipinski definition) is 6. The van der Waals surface area contributed by atoms with Crippen molar-refractivity contribution >= 4 is 28.3 Å². The molecule has 1 heterocycles. The van der Waals surface area contributed by atoms with Crippen LogP contribution in [0.4, 0.5) is 11.4 Å². The molecule has 1 atom stereocenters. The number of benzene rings is 2. The number of methoxy groups -OCH3 is 1. The number of carbonyl (C=O) groups excluding carboxylic acids is 1. The summed E-state index contributed by atoms with van der Waals surface area (Å²) in [6.07, 6.45) is 0. The monoisotopic (exact) mass is 397 g/mol. The number of fused-ring (bicyclic) bond motifs is 1. The van der Waals surface area contributed by atoms with Crippen molar-refractivity contribution in [1.82, 2.24) is 5.32 Å². The van der Waals surface area contributed by atoms with Crippen molar-refractivity contribution in [3.8, 4) is 0 Å². The van der Waals surface area contributed by atoms with Crippen molar-refractivity contribution in [3.05, 3.63) is 69.5 Å². The topological polar surface area (TPSA) is 107 Å². The standard InChI is InChI=1S/C21H23N3O5/c1-13-16-6-4-5-7-19(16)29-20(13)14(2)23-21(25)15-8-9-17(22-10-11-28-3)18(12-15)24(26)27/h4-9,12,14,22H,10-11H2,1-3H3,(H,23,25). The highest BCUT2D eigenvalue weighted by molar-refractivity contribution is 5.96. The molecule has 8 nitrogen and oxygen atoms in total. The van der Waals surface area contributed by atoms with Crippen LogP contribution in [0.5, 0.6) is 0 Å². The zero-order valence-electron chi connectivity index (χ0n) is 16.5. The van der Waals surface area contributed by atoms with E-state index in [0.29, 0.717) is 24.6 Å². The number of hydrogen-bond donors (Lipinski definition) is 2. The lowest BCUT2D eigenvalue weighted by Crippen LogP contribution is -2.26. The zero-order valence-corrected chi connectivity index (χ0v) is 16.5. The Morgan fingerprint density at radius 2 is 2.03 bits per heavy atom. The van der Waals surface area contributed by atoms with Gasteiger partial charge in [-0.25, -0.2) is 0 Å². The van der Waals surface area contributed by atoms with Gasteiger partial charge in [-0.2, -0.15) is 0 Å². The molecule has 8 heteroatoms. The van der Waals surface area contributed by atoms with Crippen LogP contribution in [0.25, 0.3) is 11.0 Å². The van der Waals surface area contributed by atoms with E-state index in [9.17, 15) is 14.9 Å². The van der Waals surface area contributed by atoms with E-state index in [4.69, 9.17) is 9.15 Å². The molecular formula is C21H23N3O5. The number of para-hydroxylation sites is 1. The molecule has 0 saturated carbocycles. The van der Waals surface area contributed by atoms with Gasteiger partial charge in [0.25, 0.3) is 11.6 Å². The summed E-state index contributed by atoms with van der Waals surface area (Å²) in [5.41, 5.74) is 2.08. The number of nitrogens with zero attached hydrogens (tertiary/aromatic N) is 1. The van der Waals surface area contributed by atoms with Gasteiger partial charge in [-0.3, -0.25) is 14.9 Å². The zero-order chi connectivity index (χ0) is 21.0. The van der Waals surface area contributed by atoms with Crippen LogP contribution >= 0.6 is 0 Å². The molecule has 1 aromatic heterocycles. The summed E-state index contributed by atoms with van der Waals surface area (Å²) in [5, 5.41) is 18.2. The minimum Gasteiger partial charge on any atom is -0.459 e. The number of ether oxygens (including phenoxy) is 1. The molecule has 0 aliphatic carbocycles. The molecule has 1 amide bonds. The van der Waals surface area contributed by atoms with E-state index < -0.39 is 16.9 Å². The van der Waals surface area contributed by atoms with Crippen LogP contribution in [0.15, 0.2) is 46.9 Å². The second kappa shape index (κ2) is 8.74. The number of aryl methyl sites for hydroxylation is 1. The van der Waals surface area contributed by atoms with Crippen molar-refractivity contribution in [3.63, 3.8) is 0 Å². The van der Waals surface area contributed by atoms with Gasteiger partial charge in [-0.1, -0.05) is 18.2 Å². The van der Waals surface area contributed by atoms with E-state index in [0.717, 1.165) is 16.5 Å². The van der Waals surface area contributed by atoms with Gasteiger partial charge in [-0.15, -0.1) is 0 Å². The van der Waals surface area contributed by atoms with Gasteiger partial charge in [0, 0.05) is 36.2 Å². The highest BCUT2D eigenvalue weighted by Gasteiger charge is 2.21. The maximum absolute atomic E-state index is 12.7. The third kappa shape index (κ3) is 4.38. The summed E-state index contributed by atoms with van der Waals surface area (Å²) >= 11 is 0. The van der Waals surface area contributed by atoms with Crippen molar-refractivity contribution in [2.24, 2.45) is 0 Å². The first kappa shape index (κ1) is 20.3. The summed E-state index contributed by atoms with van der Waals surface area (Å²) in [4.78, 5) is 23.6. The highest BCUT2D eigenvalue weighted by Crippen LogP contribution is 2.30.